The van der Waals surface area contributed by atoms with Gasteiger partial charge in [0.1, 0.15) is 0 Å². The summed E-state index contributed by atoms with van der Waals surface area (Å²) in [6.07, 6.45) is 0.264. The zero-order chi connectivity index (χ0) is 17.7. The van der Waals surface area contributed by atoms with Gasteiger partial charge in [-0.1, -0.05) is 0 Å². The van der Waals surface area contributed by atoms with Crippen molar-refractivity contribution in [3.8, 4) is 0 Å². The van der Waals surface area contributed by atoms with Crippen LogP contribution in [0.1, 0.15) is 20.3 Å². The Morgan fingerprint density at radius 2 is 2.00 bits per heavy atom. The van der Waals surface area contributed by atoms with Gasteiger partial charge in [-0.2, -0.15) is 0 Å². The quantitative estimate of drug-likeness (QED) is 0.445. The van der Waals surface area contributed by atoms with Crippen LogP contribution >= 0.6 is 0 Å². The van der Waals surface area contributed by atoms with Crippen molar-refractivity contribution in [2.75, 3.05) is 25.0 Å². The van der Waals surface area contributed by atoms with Crippen LogP contribution in [0.4, 0.5) is 11.4 Å². The fourth-order valence-corrected chi connectivity index (χ4v) is 2.64. The first kappa shape index (κ1) is 17.7. The molecule has 1 aromatic carbocycles. The van der Waals surface area contributed by atoms with Gasteiger partial charge in [-0.05, 0) is 26.0 Å². The largest absolute Gasteiger partial charge is 0.383 e. The molecule has 2 N–H and O–H groups in total. The number of nitro benzene ring substituents is 1. The molecular formula is C16H22N4O4. The minimum Gasteiger partial charge on any atom is -0.383 e. The van der Waals surface area contributed by atoms with Crippen LogP contribution in [0.5, 0.6) is 0 Å². The van der Waals surface area contributed by atoms with E-state index in [4.69, 9.17) is 0 Å². The Balaban J connectivity index is 1.71. The first-order valence-corrected chi connectivity index (χ1v) is 7.94. The maximum Gasteiger partial charge on any atom is 0.269 e. The molecule has 24 heavy (non-hydrogen) atoms. The number of nitro groups is 1. The van der Waals surface area contributed by atoms with Crippen LogP contribution < -0.4 is 10.6 Å². The van der Waals surface area contributed by atoms with Crippen molar-refractivity contribution >= 4 is 23.2 Å². The third-order valence-corrected chi connectivity index (χ3v) is 3.98. The van der Waals surface area contributed by atoms with Crippen LogP contribution in [0.15, 0.2) is 24.3 Å². The van der Waals surface area contributed by atoms with Crippen LogP contribution in [-0.4, -0.2) is 47.3 Å². The maximum absolute atomic E-state index is 12.1. The Morgan fingerprint density at radius 1 is 1.33 bits per heavy atom. The van der Waals surface area contributed by atoms with E-state index in [-0.39, 0.29) is 35.9 Å². The van der Waals surface area contributed by atoms with Gasteiger partial charge < -0.3 is 15.5 Å². The molecule has 1 aliphatic rings. The SMILES string of the molecule is CC(C)N1C[C@H](C(=O)NCCNc2ccc([N+](=O)[O-])cc2)CC1=O. The Kier molecular flexibility index (Phi) is 5.73. The predicted molar refractivity (Wildman–Crippen MR) is 89.6 cm³/mol. The van der Waals surface area contributed by atoms with Gasteiger partial charge in [-0.25, -0.2) is 0 Å². The second-order valence-corrected chi connectivity index (χ2v) is 6.06. The Labute approximate surface area is 140 Å². The average molecular weight is 334 g/mol. The second kappa shape index (κ2) is 7.76. The summed E-state index contributed by atoms with van der Waals surface area (Å²) in [7, 11) is 0. The number of anilines is 1. The lowest BCUT2D eigenvalue weighted by atomic mass is 10.1. The molecule has 130 valence electrons. The fourth-order valence-electron chi connectivity index (χ4n) is 2.64. The molecule has 0 radical (unpaired) electrons. The number of rotatable bonds is 7. The molecule has 1 heterocycles. The fraction of sp³-hybridized carbons (Fsp3) is 0.500. The van der Waals surface area contributed by atoms with Crippen molar-refractivity contribution in [1.29, 1.82) is 0 Å². The summed E-state index contributed by atoms with van der Waals surface area (Å²) in [6.45, 7) is 5.26. The molecule has 0 bridgehead atoms. The van der Waals surface area contributed by atoms with Crippen molar-refractivity contribution in [2.45, 2.75) is 26.3 Å². The van der Waals surface area contributed by atoms with Crippen LogP contribution in [0, 0.1) is 16.0 Å². The molecular weight excluding hydrogens is 312 g/mol. The number of benzene rings is 1. The lowest BCUT2D eigenvalue weighted by Gasteiger charge is -2.20. The lowest BCUT2D eigenvalue weighted by Crippen LogP contribution is -2.37. The molecule has 1 aliphatic heterocycles. The summed E-state index contributed by atoms with van der Waals surface area (Å²) in [5.41, 5.74) is 0.784. The van der Waals surface area contributed by atoms with E-state index >= 15 is 0 Å². The van der Waals surface area contributed by atoms with Crippen molar-refractivity contribution in [2.24, 2.45) is 5.92 Å². The van der Waals surface area contributed by atoms with Gasteiger partial charge in [0.15, 0.2) is 0 Å². The number of hydrogen-bond donors (Lipinski definition) is 2. The molecule has 0 aromatic heterocycles. The molecule has 1 saturated heterocycles. The normalized spacial score (nSPS) is 17.2. The molecule has 2 amide bonds. The summed E-state index contributed by atoms with van der Waals surface area (Å²) >= 11 is 0. The smallest absolute Gasteiger partial charge is 0.269 e. The molecule has 1 aromatic rings. The summed E-state index contributed by atoms with van der Waals surface area (Å²) in [6, 6.07) is 6.20. The van der Waals surface area contributed by atoms with E-state index < -0.39 is 4.92 Å². The lowest BCUT2D eigenvalue weighted by molar-refractivity contribution is -0.384. The predicted octanol–water partition coefficient (Wildman–Crippen LogP) is 1.38. The van der Waals surface area contributed by atoms with E-state index in [1.807, 2.05) is 13.8 Å². The highest BCUT2D eigenvalue weighted by molar-refractivity contribution is 5.89. The first-order valence-electron chi connectivity index (χ1n) is 7.94. The maximum atomic E-state index is 12.1. The van der Waals surface area contributed by atoms with Crippen LogP contribution in [0.2, 0.25) is 0 Å². The van der Waals surface area contributed by atoms with Crippen LogP contribution in [0.3, 0.4) is 0 Å². The monoisotopic (exact) mass is 334 g/mol. The molecule has 8 heteroatoms. The zero-order valence-corrected chi connectivity index (χ0v) is 13.8. The minimum atomic E-state index is -0.451. The van der Waals surface area contributed by atoms with Gasteiger partial charge >= 0.3 is 0 Å². The number of non-ortho nitro benzene ring substituents is 1. The Hall–Kier alpha value is -2.64. The first-order chi connectivity index (χ1) is 11.4. The third kappa shape index (κ3) is 4.43. The number of nitrogens with one attached hydrogen (secondary N) is 2. The van der Waals surface area contributed by atoms with Crippen LogP contribution in [-0.2, 0) is 9.59 Å². The number of carbonyl (C=O) groups excluding carboxylic acids is 2. The Morgan fingerprint density at radius 3 is 2.54 bits per heavy atom. The van der Waals surface area contributed by atoms with Crippen molar-refractivity contribution in [1.82, 2.24) is 10.2 Å². The van der Waals surface area contributed by atoms with E-state index in [1.165, 1.54) is 12.1 Å². The third-order valence-electron chi connectivity index (χ3n) is 3.98. The molecule has 2 rings (SSSR count). The number of likely N-dealkylation sites (tertiary alicyclic amines) is 1. The van der Waals surface area contributed by atoms with Gasteiger partial charge in [-0.3, -0.25) is 19.7 Å². The van der Waals surface area contributed by atoms with Gasteiger partial charge in [0, 0.05) is 49.9 Å². The van der Waals surface area contributed by atoms with Gasteiger partial charge in [0.25, 0.3) is 5.69 Å². The van der Waals surface area contributed by atoms with Crippen LogP contribution in [0.25, 0.3) is 0 Å². The topological polar surface area (TPSA) is 105 Å². The van der Waals surface area contributed by atoms with E-state index in [2.05, 4.69) is 10.6 Å². The van der Waals surface area contributed by atoms with Gasteiger partial charge in [0.05, 0.1) is 10.8 Å². The molecule has 0 unspecified atom stereocenters. The zero-order valence-electron chi connectivity index (χ0n) is 13.8. The van der Waals surface area contributed by atoms with E-state index in [0.29, 0.717) is 19.6 Å². The standard InChI is InChI=1S/C16H22N4O4/c1-11(2)19-10-12(9-15(19)21)16(22)18-8-7-17-13-3-5-14(6-4-13)20(23)24/h3-6,11-12,17H,7-10H2,1-2H3,(H,18,22)/t12-/m1/s1. The molecule has 1 atom stereocenters. The summed E-state index contributed by atoms with van der Waals surface area (Å²) in [5, 5.41) is 16.5. The van der Waals surface area contributed by atoms with Crippen molar-refractivity contribution < 1.29 is 14.5 Å². The molecule has 0 saturated carbocycles. The minimum absolute atomic E-state index is 0.0224. The average Bonchev–Trinajstić information content (AvgIpc) is 2.94. The summed E-state index contributed by atoms with van der Waals surface area (Å²) < 4.78 is 0. The highest BCUT2D eigenvalue weighted by atomic mass is 16.6. The number of carbonyl (C=O) groups is 2. The molecule has 0 aliphatic carbocycles. The van der Waals surface area contributed by atoms with E-state index in [9.17, 15) is 19.7 Å². The summed E-state index contributed by atoms with van der Waals surface area (Å²) in [5.74, 6) is -0.384. The number of nitrogens with zero attached hydrogens (tertiary/aromatic N) is 2. The highest BCUT2D eigenvalue weighted by Gasteiger charge is 2.35. The van der Waals surface area contributed by atoms with E-state index in [0.717, 1.165) is 5.69 Å². The number of amides is 2. The molecule has 8 nitrogen and oxygen atoms in total. The second-order valence-electron chi connectivity index (χ2n) is 6.06. The molecule has 0 spiro atoms. The van der Waals surface area contributed by atoms with Gasteiger partial charge in [-0.15, -0.1) is 0 Å². The molecule has 1 fully saturated rings. The summed E-state index contributed by atoms with van der Waals surface area (Å²) in [4.78, 5) is 35.7. The number of hydrogen-bond acceptors (Lipinski definition) is 5. The highest BCUT2D eigenvalue weighted by Crippen LogP contribution is 2.20. The van der Waals surface area contributed by atoms with Gasteiger partial charge in [0.2, 0.25) is 11.8 Å². The van der Waals surface area contributed by atoms with E-state index in [1.54, 1.807) is 17.0 Å². The van der Waals surface area contributed by atoms with Crippen molar-refractivity contribution in [3.63, 3.8) is 0 Å². The Bertz CT molecular complexity index is 615. The van der Waals surface area contributed by atoms with Crippen molar-refractivity contribution in [3.05, 3.63) is 34.4 Å².